The van der Waals surface area contributed by atoms with Crippen LogP contribution in [0.1, 0.15) is 84.8 Å². The number of halogens is 3. The molecule has 0 saturated carbocycles. The molecule has 5 heteroatoms. The Labute approximate surface area is 187 Å². The fourth-order valence-electron chi connectivity index (χ4n) is 4.37. The summed E-state index contributed by atoms with van der Waals surface area (Å²) in [7, 11) is 0. The Morgan fingerprint density at radius 3 is 2.23 bits per heavy atom. The summed E-state index contributed by atoms with van der Waals surface area (Å²) in [4.78, 5) is 4.71. The Balaban J connectivity index is 2.39. The lowest BCUT2D eigenvalue weighted by Crippen LogP contribution is -2.41. The van der Waals surface area contributed by atoms with E-state index in [0.717, 1.165) is 63.0 Å². The average molecular weight is 439 g/mol. The molecular formula is C26H41F3N2. The smallest absolute Gasteiger partial charge is 0.378 e. The Hall–Kier alpha value is -1.65. The molecule has 1 atom stereocenters. The predicted octanol–water partition coefficient (Wildman–Crippen LogP) is 7.63. The minimum Gasteiger partial charge on any atom is -0.378 e. The zero-order valence-corrected chi connectivity index (χ0v) is 20.2. The van der Waals surface area contributed by atoms with Crippen molar-refractivity contribution in [1.82, 2.24) is 4.90 Å². The van der Waals surface area contributed by atoms with Crippen LogP contribution in [0.15, 0.2) is 30.5 Å². The Bertz CT molecular complexity index is 714. The maximum Gasteiger partial charge on any atom is 0.416 e. The quantitative estimate of drug-likeness (QED) is 0.350. The van der Waals surface area contributed by atoms with Gasteiger partial charge in [0.2, 0.25) is 0 Å². The van der Waals surface area contributed by atoms with Crippen LogP contribution in [-0.4, -0.2) is 30.6 Å². The topological polar surface area (TPSA) is 6.48 Å². The highest BCUT2D eigenvalue weighted by molar-refractivity contribution is 5.66. The number of hydrogen-bond acceptors (Lipinski definition) is 2. The predicted molar refractivity (Wildman–Crippen MR) is 126 cm³/mol. The first-order chi connectivity index (χ1) is 14.5. The van der Waals surface area contributed by atoms with Crippen LogP contribution in [-0.2, 0) is 11.6 Å². The first-order valence-electron chi connectivity index (χ1n) is 11.9. The number of rotatable bonds is 11. The highest BCUT2D eigenvalue weighted by atomic mass is 19.4. The molecule has 0 bridgehead atoms. The van der Waals surface area contributed by atoms with Gasteiger partial charge in [-0.2, -0.15) is 13.2 Å². The van der Waals surface area contributed by atoms with Gasteiger partial charge >= 0.3 is 6.18 Å². The van der Waals surface area contributed by atoms with Crippen LogP contribution >= 0.6 is 0 Å². The first kappa shape index (κ1) is 25.6. The molecule has 0 saturated heterocycles. The molecule has 0 fully saturated rings. The molecular weight excluding hydrogens is 397 g/mol. The fraction of sp³-hybridized carbons (Fsp3) is 0.692. The Morgan fingerprint density at radius 1 is 1.10 bits per heavy atom. The summed E-state index contributed by atoms with van der Waals surface area (Å²) in [5.41, 5.74) is 0.794. The van der Waals surface area contributed by atoms with E-state index < -0.39 is 17.2 Å². The van der Waals surface area contributed by atoms with Gasteiger partial charge in [0.05, 0.1) is 11.6 Å². The summed E-state index contributed by atoms with van der Waals surface area (Å²) in [5, 5.41) is 0. The fourth-order valence-corrected chi connectivity index (χ4v) is 4.37. The van der Waals surface area contributed by atoms with Crippen LogP contribution in [0.2, 0.25) is 0 Å². The van der Waals surface area contributed by atoms with E-state index in [4.69, 9.17) is 0 Å². The van der Waals surface area contributed by atoms with E-state index in [1.165, 1.54) is 12.1 Å². The largest absolute Gasteiger partial charge is 0.416 e. The molecule has 2 nitrogen and oxygen atoms in total. The van der Waals surface area contributed by atoms with E-state index in [1.54, 1.807) is 6.07 Å². The molecule has 0 spiro atoms. The van der Waals surface area contributed by atoms with Crippen LogP contribution in [0, 0.1) is 5.92 Å². The minimum atomic E-state index is -4.32. The number of unbranched alkanes of at least 4 members (excludes halogenated alkanes) is 2. The van der Waals surface area contributed by atoms with Crippen molar-refractivity contribution in [2.45, 2.75) is 91.3 Å². The van der Waals surface area contributed by atoms with Crippen molar-refractivity contribution < 1.29 is 13.2 Å². The third-order valence-electron chi connectivity index (χ3n) is 6.43. The number of fused-ring (bicyclic) bond motifs is 1. The molecule has 1 heterocycles. The molecule has 1 unspecified atom stereocenters. The normalized spacial score (nSPS) is 18.3. The molecule has 1 aromatic carbocycles. The molecule has 1 aromatic rings. The highest BCUT2D eigenvalue weighted by Crippen LogP contribution is 2.47. The molecule has 0 N–H and O–H groups in total. The van der Waals surface area contributed by atoms with Crippen LogP contribution in [0.3, 0.4) is 0 Å². The van der Waals surface area contributed by atoms with Crippen molar-refractivity contribution in [3.63, 3.8) is 0 Å². The van der Waals surface area contributed by atoms with Crippen molar-refractivity contribution in [1.29, 1.82) is 0 Å². The van der Waals surface area contributed by atoms with E-state index in [-0.39, 0.29) is 6.04 Å². The molecule has 2 rings (SSSR count). The van der Waals surface area contributed by atoms with Gasteiger partial charge in [0.15, 0.2) is 0 Å². The lowest BCUT2D eigenvalue weighted by atomic mass is 9.80. The second-order valence-corrected chi connectivity index (χ2v) is 9.86. The van der Waals surface area contributed by atoms with E-state index in [1.807, 2.05) is 0 Å². The summed E-state index contributed by atoms with van der Waals surface area (Å²) in [5.74, 6) is 0.539. The molecule has 176 valence electrons. The van der Waals surface area contributed by atoms with Gasteiger partial charge in [0, 0.05) is 30.7 Å². The summed E-state index contributed by atoms with van der Waals surface area (Å²) in [6.45, 7) is 15.8. The summed E-state index contributed by atoms with van der Waals surface area (Å²) in [6, 6.07) is 4.32. The highest BCUT2D eigenvalue weighted by Gasteiger charge is 2.44. The van der Waals surface area contributed by atoms with Crippen molar-refractivity contribution >= 4 is 5.69 Å². The second-order valence-electron chi connectivity index (χ2n) is 9.86. The summed E-state index contributed by atoms with van der Waals surface area (Å²) < 4.78 is 40.2. The zero-order chi connectivity index (χ0) is 23.2. The third kappa shape index (κ3) is 6.43. The second kappa shape index (κ2) is 10.8. The lowest BCUT2D eigenvalue weighted by molar-refractivity contribution is -0.137. The van der Waals surface area contributed by atoms with Gasteiger partial charge in [-0.3, -0.25) is 0 Å². The lowest BCUT2D eigenvalue weighted by Gasteiger charge is -2.33. The standard InChI is InChI=1S/C26H41F3N2/c1-7-9-15-30(16-10-8-2)17-14-24-25(5,6)22-19-21(26(27,28)29)11-12-23(22)31(24)18-13-20(3)4/h11-12,14,17,19-20,24H,7-10,13,15-16,18H2,1-6H3/b17-14+. The maximum absolute atomic E-state index is 13.4. The molecule has 0 aromatic heterocycles. The number of anilines is 1. The third-order valence-corrected chi connectivity index (χ3v) is 6.43. The molecule has 0 amide bonds. The summed E-state index contributed by atoms with van der Waals surface area (Å²) >= 11 is 0. The Kier molecular flexibility index (Phi) is 8.91. The van der Waals surface area contributed by atoms with Crippen molar-refractivity contribution in [2.24, 2.45) is 5.92 Å². The van der Waals surface area contributed by atoms with Gasteiger partial charge in [0.1, 0.15) is 0 Å². The van der Waals surface area contributed by atoms with Crippen molar-refractivity contribution in [3.05, 3.63) is 41.6 Å². The van der Waals surface area contributed by atoms with Gasteiger partial charge in [0.25, 0.3) is 0 Å². The molecule has 0 radical (unpaired) electrons. The van der Waals surface area contributed by atoms with Gasteiger partial charge in [-0.15, -0.1) is 0 Å². The Morgan fingerprint density at radius 2 is 1.71 bits per heavy atom. The molecule has 1 aliphatic heterocycles. The maximum atomic E-state index is 13.4. The van der Waals surface area contributed by atoms with Crippen LogP contribution in [0.4, 0.5) is 18.9 Å². The molecule has 31 heavy (non-hydrogen) atoms. The van der Waals surface area contributed by atoms with Gasteiger partial charge in [-0.25, -0.2) is 0 Å². The van der Waals surface area contributed by atoms with Crippen molar-refractivity contribution in [2.75, 3.05) is 24.5 Å². The SMILES string of the molecule is CCCCN(/C=C/C1N(CCC(C)C)c2ccc(C(F)(F)F)cc2C1(C)C)CCCC. The first-order valence-corrected chi connectivity index (χ1v) is 11.9. The van der Waals surface area contributed by atoms with Crippen LogP contribution in [0.5, 0.6) is 0 Å². The summed E-state index contributed by atoms with van der Waals surface area (Å²) in [6.07, 6.45) is 5.72. The van der Waals surface area contributed by atoms with Gasteiger partial charge in [-0.05, 0) is 61.2 Å². The molecule has 1 aliphatic rings. The number of benzene rings is 1. The molecule has 0 aliphatic carbocycles. The number of alkyl halides is 3. The van der Waals surface area contributed by atoms with Crippen molar-refractivity contribution in [3.8, 4) is 0 Å². The minimum absolute atomic E-state index is 0.0375. The zero-order valence-electron chi connectivity index (χ0n) is 20.2. The van der Waals surface area contributed by atoms with E-state index in [0.29, 0.717) is 5.92 Å². The van der Waals surface area contributed by atoms with E-state index in [2.05, 4.69) is 63.6 Å². The van der Waals surface area contributed by atoms with Crippen LogP contribution < -0.4 is 4.90 Å². The van der Waals surface area contributed by atoms with Gasteiger partial charge in [-0.1, -0.05) is 54.4 Å². The average Bonchev–Trinajstić information content (AvgIpc) is 2.91. The number of nitrogens with zero attached hydrogens (tertiary/aromatic N) is 2. The van der Waals surface area contributed by atoms with Gasteiger partial charge < -0.3 is 9.80 Å². The number of hydrogen-bond donors (Lipinski definition) is 0. The van der Waals surface area contributed by atoms with E-state index in [9.17, 15) is 13.2 Å². The van der Waals surface area contributed by atoms with Crippen LogP contribution in [0.25, 0.3) is 0 Å². The van der Waals surface area contributed by atoms with E-state index >= 15 is 0 Å². The monoisotopic (exact) mass is 438 g/mol.